The van der Waals surface area contributed by atoms with Gasteiger partial charge in [-0.1, -0.05) is 12.6 Å². The van der Waals surface area contributed by atoms with Crippen LogP contribution in [0.4, 0.5) is 10.1 Å². The normalized spacial score (nSPS) is 10.9. The van der Waals surface area contributed by atoms with Crippen LogP contribution in [0.15, 0.2) is 37.2 Å². The molecule has 0 bridgehead atoms. The average Bonchev–Trinajstić information content (AvgIpc) is 3.01. The van der Waals surface area contributed by atoms with Crippen molar-refractivity contribution in [3.8, 4) is 11.1 Å². The minimum atomic E-state index is -0.521. The number of aromatic nitrogens is 2. The second kappa shape index (κ2) is 6.05. The van der Waals surface area contributed by atoms with Crippen molar-refractivity contribution in [1.29, 1.82) is 0 Å². The van der Waals surface area contributed by atoms with Gasteiger partial charge in [0, 0.05) is 28.1 Å². The van der Waals surface area contributed by atoms with E-state index in [1.54, 1.807) is 23.5 Å². The number of benzene rings is 1. The number of hydrogen-bond donors (Lipinski definition) is 1. The molecule has 6 heteroatoms. The quantitative estimate of drug-likeness (QED) is 0.581. The van der Waals surface area contributed by atoms with E-state index in [-0.39, 0.29) is 11.5 Å². The lowest BCUT2D eigenvalue weighted by Gasteiger charge is -2.16. The molecule has 0 saturated heterocycles. The summed E-state index contributed by atoms with van der Waals surface area (Å²) in [5.41, 5.74) is 10.3. The van der Waals surface area contributed by atoms with Gasteiger partial charge in [-0.25, -0.2) is 14.2 Å². The van der Waals surface area contributed by atoms with Crippen LogP contribution in [0.25, 0.3) is 22.2 Å². The van der Waals surface area contributed by atoms with Crippen LogP contribution < -0.4 is 5.73 Å². The number of nitrogen functional groups attached to an aromatic ring is 1. The van der Waals surface area contributed by atoms with Crippen molar-refractivity contribution in [1.82, 2.24) is 9.38 Å². The second-order valence-corrected chi connectivity index (χ2v) is 5.84. The zero-order valence-corrected chi connectivity index (χ0v) is 14.3. The molecule has 1 aromatic carbocycles. The number of carbonyl (C=O) groups excluding carboxylic acids is 1. The maximum absolute atomic E-state index is 14.6. The fourth-order valence-corrected chi connectivity index (χ4v) is 3.03. The van der Waals surface area contributed by atoms with Crippen LogP contribution in [0.5, 0.6) is 0 Å². The van der Waals surface area contributed by atoms with Gasteiger partial charge in [0.15, 0.2) is 5.69 Å². The molecule has 0 spiro atoms. The van der Waals surface area contributed by atoms with E-state index in [4.69, 9.17) is 10.5 Å². The van der Waals surface area contributed by atoms with Gasteiger partial charge in [-0.2, -0.15) is 0 Å². The van der Waals surface area contributed by atoms with Gasteiger partial charge in [0.2, 0.25) is 0 Å². The second-order valence-electron chi connectivity index (χ2n) is 5.84. The van der Waals surface area contributed by atoms with Crippen molar-refractivity contribution in [2.24, 2.45) is 0 Å². The fourth-order valence-electron chi connectivity index (χ4n) is 3.03. The third-order valence-corrected chi connectivity index (χ3v) is 4.23. The highest BCUT2D eigenvalue weighted by molar-refractivity contribution is 5.95. The van der Waals surface area contributed by atoms with Crippen molar-refractivity contribution >= 4 is 22.7 Å². The highest BCUT2D eigenvalue weighted by atomic mass is 19.1. The van der Waals surface area contributed by atoms with Crippen LogP contribution in [0.2, 0.25) is 0 Å². The van der Waals surface area contributed by atoms with Crippen molar-refractivity contribution < 1.29 is 13.9 Å². The molecule has 2 aromatic heterocycles. The van der Waals surface area contributed by atoms with Crippen LogP contribution in [0, 0.1) is 12.7 Å². The van der Waals surface area contributed by atoms with Crippen LogP contribution in [-0.2, 0) is 4.74 Å². The molecular weight excluding hydrogens is 321 g/mol. The Balaban J connectivity index is 2.32. The molecule has 0 radical (unpaired) electrons. The molecule has 2 heterocycles. The molecule has 3 aromatic rings. The number of aryl methyl sites for hydroxylation is 1. The van der Waals surface area contributed by atoms with Gasteiger partial charge in [-0.15, -0.1) is 0 Å². The molecule has 0 unspecified atom stereocenters. The van der Waals surface area contributed by atoms with Crippen LogP contribution in [-0.4, -0.2) is 22.5 Å². The molecule has 128 valence electrons. The van der Waals surface area contributed by atoms with Gasteiger partial charge in [0.05, 0.1) is 12.6 Å². The zero-order valence-electron chi connectivity index (χ0n) is 14.3. The van der Waals surface area contributed by atoms with Gasteiger partial charge in [0.1, 0.15) is 12.1 Å². The summed E-state index contributed by atoms with van der Waals surface area (Å²) in [5, 5.41) is 0. The number of pyridine rings is 1. The Morgan fingerprint density at radius 1 is 1.32 bits per heavy atom. The smallest absolute Gasteiger partial charge is 0.358 e. The minimum Gasteiger partial charge on any atom is -0.464 e. The lowest BCUT2D eigenvalue weighted by Crippen LogP contribution is -2.04. The molecule has 0 aliphatic carbocycles. The molecule has 0 amide bonds. The zero-order chi connectivity index (χ0) is 18.3. The summed E-state index contributed by atoms with van der Waals surface area (Å²) in [4.78, 5) is 15.9. The molecule has 5 nitrogen and oxygen atoms in total. The maximum atomic E-state index is 14.6. The molecule has 0 aliphatic rings. The highest BCUT2D eigenvalue weighted by Crippen LogP contribution is 2.37. The SMILES string of the molecule is C=C(C)c1c(N)ccc(F)c1-c1ccc2c(C(=O)OC)ncn2c1C. The maximum Gasteiger partial charge on any atom is 0.358 e. The Hall–Kier alpha value is -3.15. The molecule has 25 heavy (non-hydrogen) atoms. The Bertz CT molecular complexity index is 1020. The highest BCUT2D eigenvalue weighted by Gasteiger charge is 2.20. The summed E-state index contributed by atoms with van der Waals surface area (Å²) in [7, 11) is 1.30. The minimum absolute atomic E-state index is 0.213. The summed E-state index contributed by atoms with van der Waals surface area (Å²) in [6, 6.07) is 6.34. The Morgan fingerprint density at radius 2 is 2.04 bits per heavy atom. The van der Waals surface area contributed by atoms with E-state index in [0.29, 0.717) is 33.5 Å². The predicted octanol–water partition coefficient (Wildman–Crippen LogP) is 3.85. The number of rotatable bonds is 3. The number of carbonyl (C=O) groups is 1. The first-order chi connectivity index (χ1) is 11.9. The number of imidazole rings is 1. The number of hydrogen-bond acceptors (Lipinski definition) is 4. The first-order valence-electron chi connectivity index (χ1n) is 7.66. The van der Waals surface area contributed by atoms with Crippen molar-refractivity contribution in [2.75, 3.05) is 12.8 Å². The van der Waals surface area contributed by atoms with E-state index in [9.17, 15) is 9.18 Å². The standard InChI is InChI=1S/C19H18FN3O2/c1-10(2)16-14(21)7-6-13(20)17(16)12-5-8-15-18(19(24)25-4)22-9-23(15)11(12)3/h5-9H,1,21H2,2-4H3. The Morgan fingerprint density at radius 3 is 2.68 bits per heavy atom. The van der Waals surface area contributed by atoms with Crippen molar-refractivity contribution in [3.05, 3.63) is 59.9 Å². The molecule has 0 saturated carbocycles. The lowest BCUT2D eigenvalue weighted by molar-refractivity contribution is 0.0597. The van der Waals surface area contributed by atoms with E-state index in [0.717, 1.165) is 5.69 Å². The Kier molecular flexibility index (Phi) is 4.04. The number of ether oxygens (including phenoxy) is 1. The third-order valence-electron chi connectivity index (χ3n) is 4.23. The summed E-state index contributed by atoms with van der Waals surface area (Å²) in [5.74, 6) is -0.907. The van der Waals surface area contributed by atoms with Gasteiger partial charge < -0.3 is 14.9 Å². The van der Waals surface area contributed by atoms with Gasteiger partial charge >= 0.3 is 5.97 Å². The van der Waals surface area contributed by atoms with Gasteiger partial charge in [-0.3, -0.25) is 0 Å². The predicted molar refractivity (Wildman–Crippen MR) is 95.8 cm³/mol. The number of allylic oxidation sites excluding steroid dienone is 1. The summed E-state index contributed by atoms with van der Waals surface area (Å²) in [6.45, 7) is 7.53. The van der Waals surface area contributed by atoms with Crippen LogP contribution >= 0.6 is 0 Å². The van der Waals surface area contributed by atoms with E-state index < -0.39 is 5.97 Å². The molecular formula is C19H18FN3O2. The average molecular weight is 339 g/mol. The number of esters is 1. The molecule has 0 fully saturated rings. The summed E-state index contributed by atoms with van der Waals surface area (Å²) in [6.07, 6.45) is 1.52. The summed E-state index contributed by atoms with van der Waals surface area (Å²) < 4.78 is 21.1. The van der Waals surface area contributed by atoms with Crippen molar-refractivity contribution in [2.45, 2.75) is 13.8 Å². The largest absolute Gasteiger partial charge is 0.464 e. The Labute approximate surface area is 144 Å². The third kappa shape index (κ3) is 2.55. The van der Waals surface area contributed by atoms with E-state index in [1.165, 1.54) is 25.6 Å². The van der Waals surface area contributed by atoms with Crippen molar-refractivity contribution in [3.63, 3.8) is 0 Å². The van der Waals surface area contributed by atoms with E-state index >= 15 is 0 Å². The monoisotopic (exact) mass is 339 g/mol. The summed E-state index contributed by atoms with van der Waals surface area (Å²) >= 11 is 0. The molecule has 2 N–H and O–H groups in total. The number of halogens is 1. The first kappa shape index (κ1) is 16.7. The fraction of sp³-hybridized carbons (Fsp3) is 0.158. The molecule has 0 atom stereocenters. The van der Waals surface area contributed by atoms with Crippen LogP contribution in [0.1, 0.15) is 28.7 Å². The number of nitrogens with zero attached hydrogens (tertiary/aromatic N) is 2. The first-order valence-corrected chi connectivity index (χ1v) is 7.66. The number of fused-ring (bicyclic) bond motifs is 1. The lowest BCUT2D eigenvalue weighted by atomic mass is 9.93. The van der Waals surface area contributed by atoms with E-state index in [2.05, 4.69) is 11.6 Å². The number of nitrogens with two attached hydrogens (primary N) is 1. The number of anilines is 1. The molecule has 3 rings (SSSR count). The number of methoxy groups -OCH3 is 1. The van der Waals surface area contributed by atoms with E-state index in [1.807, 2.05) is 6.92 Å². The van der Waals surface area contributed by atoms with Crippen LogP contribution in [0.3, 0.4) is 0 Å². The topological polar surface area (TPSA) is 69.6 Å². The van der Waals surface area contributed by atoms with Gasteiger partial charge in [0.25, 0.3) is 0 Å². The van der Waals surface area contributed by atoms with Gasteiger partial charge in [-0.05, 0) is 37.6 Å². The molecule has 0 aliphatic heterocycles.